The third-order valence-corrected chi connectivity index (χ3v) is 5.44. The van der Waals surface area contributed by atoms with Crippen molar-refractivity contribution in [2.24, 2.45) is 7.05 Å². The number of fused-ring (bicyclic) bond motifs is 1. The predicted molar refractivity (Wildman–Crippen MR) is 120 cm³/mol. The zero-order valence-electron chi connectivity index (χ0n) is 17.6. The van der Waals surface area contributed by atoms with Crippen molar-refractivity contribution >= 4 is 28.3 Å². The van der Waals surface area contributed by atoms with Gasteiger partial charge in [0.2, 0.25) is 0 Å². The predicted octanol–water partition coefficient (Wildman–Crippen LogP) is 5.34. The Balaban J connectivity index is 1.88. The molecule has 0 spiro atoms. The van der Waals surface area contributed by atoms with E-state index < -0.39 is 0 Å². The quantitative estimate of drug-likeness (QED) is 0.449. The maximum absolute atomic E-state index is 13.2. The third kappa shape index (κ3) is 3.59. The van der Waals surface area contributed by atoms with Crippen molar-refractivity contribution in [3.8, 4) is 11.5 Å². The highest BCUT2D eigenvalue weighted by atomic mass is 35.5. The highest BCUT2D eigenvalue weighted by Crippen LogP contribution is 2.32. The minimum atomic E-state index is -0.128. The molecule has 1 atom stereocenters. The summed E-state index contributed by atoms with van der Waals surface area (Å²) in [6.07, 6.45) is 1.83. The van der Waals surface area contributed by atoms with E-state index in [-0.39, 0.29) is 11.5 Å². The van der Waals surface area contributed by atoms with Crippen molar-refractivity contribution in [2.75, 3.05) is 5.32 Å². The molecule has 0 saturated heterocycles. The van der Waals surface area contributed by atoms with E-state index in [1.54, 1.807) is 17.7 Å². The lowest BCUT2D eigenvalue weighted by Crippen LogP contribution is -2.13. The van der Waals surface area contributed by atoms with Gasteiger partial charge in [0.1, 0.15) is 16.4 Å². The summed E-state index contributed by atoms with van der Waals surface area (Å²) >= 11 is 5.98. The summed E-state index contributed by atoms with van der Waals surface area (Å²) in [5.41, 5.74) is 5.28. The average Bonchev–Trinajstić information content (AvgIpc) is 3.12. The first-order valence-electron chi connectivity index (χ1n) is 9.72. The van der Waals surface area contributed by atoms with Crippen LogP contribution in [0, 0.1) is 20.8 Å². The van der Waals surface area contributed by atoms with Gasteiger partial charge in [0.05, 0.1) is 22.8 Å². The van der Waals surface area contributed by atoms with Crippen LogP contribution in [0.2, 0.25) is 5.15 Å². The van der Waals surface area contributed by atoms with E-state index in [0.29, 0.717) is 33.1 Å². The summed E-state index contributed by atoms with van der Waals surface area (Å²) in [6, 6.07) is 9.28. The summed E-state index contributed by atoms with van der Waals surface area (Å²) in [4.78, 5) is 17.5. The molecule has 154 valence electrons. The Hall–Kier alpha value is -3.12. The van der Waals surface area contributed by atoms with Crippen molar-refractivity contribution in [3.05, 3.63) is 74.3 Å². The zero-order valence-corrected chi connectivity index (χ0v) is 18.3. The van der Waals surface area contributed by atoms with Gasteiger partial charge < -0.3 is 9.73 Å². The van der Waals surface area contributed by atoms with Crippen LogP contribution in [-0.2, 0) is 7.05 Å². The lowest BCUT2D eigenvalue weighted by atomic mass is 9.99. The first kappa shape index (κ1) is 20.2. The maximum atomic E-state index is 13.2. The van der Waals surface area contributed by atoms with Crippen LogP contribution in [0.15, 0.2) is 45.7 Å². The Labute approximate surface area is 179 Å². The Bertz CT molecular complexity index is 1320. The summed E-state index contributed by atoms with van der Waals surface area (Å²) in [6.45, 7) is 7.69. The van der Waals surface area contributed by atoms with Gasteiger partial charge in [0.25, 0.3) is 0 Å². The topological polar surface area (TPSA) is 73.0 Å². The molecule has 0 aliphatic rings. The summed E-state index contributed by atoms with van der Waals surface area (Å²) in [5, 5.41) is 8.91. The number of hydrogen-bond donors (Lipinski definition) is 1. The molecule has 3 heterocycles. The average molecular weight is 423 g/mol. The largest absolute Gasteiger partial charge is 0.453 e. The molecule has 0 saturated carbocycles. The van der Waals surface area contributed by atoms with Gasteiger partial charge >= 0.3 is 0 Å². The molecule has 0 amide bonds. The normalized spacial score (nSPS) is 12.3. The summed E-state index contributed by atoms with van der Waals surface area (Å²) < 4.78 is 8.00. The van der Waals surface area contributed by atoms with Crippen molar-refractivity contribution in [2.45, 2.75) is 33.7 Å². The number of nitrogens with one attached hydrogen (secondary N) is 1. The molecule has 4 rings (SSSR count). The molecule has 4 aromatic rings. The minimum absolute atomic E-state index is 0.0432. The van der Waals surface area contributed by atoms with Crippen molar-refractivity contribution in [1.82, 2.24) is 14.8 Å². The standard InChI is InChI=1S/C23H23ClN4O2/c1-12-10-16(14(3)25-18-6-7-20(24)26-15(18)4)23-17(11-12)21(29)13(2)22(30-23)19-8-9-28(5)27-19/h6-11,14,25H,1-5H3. The molecule has 1 unspecified atom stereocenters. The number of anilines is 1. The number of pyridine rings is 1. The summed E-state index contributed by atoms with van der Waals surface area (Å²) in [5.74, 6) is 0.495. The number of aryl methyl sites for hydroxylation is 3. The molecular weight excluding hydrogens is 400 g/mol. The van der Waals surface area contributed by atoms with E-state index in [1.165, 1.54) is 0 Å². The van der Waals surface area contributed by atoms with Gasteiger partial charge in [-0.2, -0.15) is 5.10 Å². The molecule has 1 N–H and O–H groups in total. The van der Waals surface area contributed by atoms with Gasteiger partial charge in [-0.15, -0.1) is 0 Å². The van der Waals surface area contributed by atoms with E-state index in [1.807, 2.05) is 58.3 Å². The molecule has 7 heteroatoms. The van der Waals surface area contributed by atoms with Crippen LogP contribution in [0.4, 0.5) is 5.69 Å². The van der Waals surface area contributed by atoms with Crippen LogP contribution in [0.3, 0.4) is 0 Å². The molecule has 0 radical (unpaired) electrons. The van der Waals surface area contributed by atoms with Crippen LogP contribution in [0.5, 0.6) is 0 Å². The smallest absolute Gasteiger partial charge is 0.196 e. The van der Waals surface area contributed by atoms with Crippen LogP contribution in [-0.4, -0.2) is 14.8 Å². The molecule has 1 aromatic carbocycles. The molecular formula is C23H23ClN4O2. The van der Waals surface area contributed by atoms with Gasteiger partial charge in [0.15, 0.2) is 11.2 Å². The molecule has 0 aliphatic carbocycles. The monoisotopic (exact) mass is 422 g/mol. The fraction of sp³-hybridized carbons (Fsp3) is 0.261. The molecule has 0 fully saturated rings. The minimum Gasteiger partial charge on any atom is -0.453 e. The van der Waals surface area contributed by atoms with Crippen molar-refractivity contribution in [3.63, 3.8) is 0 Å². The Kier molecular flexibility index (Phi) is 5.12. The Morgan fingerprint density at radius 3 is 2.60 bits per heavy atom. The summed E-state index contributed by atoms with van der Waals surface area (Å²) in [7, 11) is 1.83. The first-order chi connectivity index (χ1) is 14.2. The number of aromatic nitrogens is 3. The fourth-order valence-corrected chi connectivity index (χ4v) is 3.85. The lowest BCUT2D eigenvalue weighted by molar-refractivity contribution is 0.600. The van der Waals surface area contributed by atoms with E-state index in [4.69, 9.17) is 16.0 Å². The number of hydrogen-bond acceptors (Lipinski definition) is 5. The second-order valence-corrected chi connectivity index (χ2v) is 8.01. The van der Waals surface area contributed by atoms with E-state index in [0.717, 1.165) is 22.5 Å². The van der Waals surface area contributed by atoms with E-state index in [9.17, 15) is 4.79 Å². The van der Waals surface area contributed by atoms with Crippen molar-refractivity contribution in [1.29, 1.82) is 0 Å². The van der Waals surface area contributed by atoms with E-state index in [2.05, 4.69) is 15.4 Å². The maximum Gasteiger partial charge on any atom is 0.196 e. The van der Waals surface area contributed by atoms with Crippen LogP contribution < -0.4 is 10.7 Å². The van der Waals surface area contributed by atoms with Crippen LogP contribution in [0.1, 0.15) is 35.3 Å². The first-order valence-corrected chi connectivity index (χ1v) is 10.1. The van der Waals surface area contributed by atoms with E-state index >= 15 is 0 Å². The SMILES string of the molecule is Cc1cc(C(C)Nc2ccc(Cl)nc2C)c2oc(-c3ccn(C)n3)c(C)c(=O)c2c1. The number of halogens is 1. The molecule has 0 bridgehead atoms. The number of rotatable bonds is 4. The van der Waals surface area contributed by atoms with Gasteiger partial charge in [0, 0.05) is 24.4 Å². The van der Waals surface area contributed by atoms with Crippen LogP contribution >= 0.6 is 11.6 Å². The highest BCUT2D eigenvalue weighted by molar-refractivity contribution is 6.29. The second-order valence-electron chi connectivity index (χ2n) is 7.62. The number of nitrogens with zero attached hydrogens (tertiary/aromatic N) is 3. The van der Waals surface area contributed by atoms with Crippen LogP contribution in [0.25, 0.3) is 22.4 Å². The third-order valence-electron chi connectivity index (χ3n) is 5.23. The Morgan fingerprint density at radius 2 is 1.93 bits per heavy atom. The van der Waals surface area contributed by atoms with Gasteiger partial charge in [-0.25, -0.2) is 4.98 Å². The highest BCUT2D eigenvalue weighted by Gasteiger charge is 2.20. The lowest BCUT2D eigenvalue weighted by Gasteiger charge is -2.19. The second kappa shape index (κ2) is 7.61. The molecule has 0 aliphatic heterocycles. The van der Waals surface area contributed by atoms with Gasteiger partial charge in [-0.05, 0) is 57.5 Å². The van der Waals surface area contributed by atoms with Crippen molar-refractivity contribution < 1.29 is 4.42 Å². The fourth-order valence-electron chi connectivity index (χ4n) is 3.66. The molecule has 6 nitrogen and oxygen atoms in total. The zero-order chi connectivity index (χ0) is 21.6. The molecule has 3 aromatic heterocycles. The Morgan fingerprint density at radius 1 is 1.17 bits per heavy atom. The van der Waals surface area contributed by atoms with Gasteiger partial charge in [-0.3, -0.25) is 9.48 Å². The van der Waals surface area contributed by atoms with Gasteiger partial charge in [-0.1, -0.05) is 17.7 Å². The number of benzene rings is 1. The molecule has 30 heavy (non-hydrogen) atoms.